The molecule has 0 aliphatic carbocycles. The van der Waals surface area contributed by atoms with Gasteiger partial charge in [0.05, 0.1) is 18.9 Å². The van der Waals surface area contributed by atoms with Gasteiger partial charge in [0.1, 0.15) is 31.2 Å². The van der Waals surface area contributed by atoms with Gasteiger partial charge in [-0.1, -0.05) is 13.8 Å². The Bertz CT molecular complexity index is 1100. The summed E-state index contributed by atoms with van der Waals surface area (Å²) in [6, 6.07) is 8.09. The van der Waals surface area contributed by atoms with Crippen LogP contribution in [-0.2, 0) is 4.74 Å². The summed E-state index contributed by atoms with van der Waals surface area (Å²) in [5.74, 6) is 3.69. The van der Waals surface area contributed by atoms with Crippen LogP contribution in [0.15, 0.2) is 43.0 Å². The first-order chi connectivity index (χ1) is 16.7. The van der Waals surface area contributed by atoms with Gasteiger partial charge in [0.25, 0.3) is 5.88 Å². The normalized spacial score (nSPS) is 17.2. The average Bonchev–Trinajstić information content (AvgIpc) is 2.92. The maximum atomic E-state index is 5.86. The fourth-order valence-electron chi connectivity index (χ4n) is 4.21. The number of morpholine rings is 1. The molecule has 9 nitrogen and oxygen atoms in total. The summed E-state index contributed by atoms with van der Waals surface area (Å²) in [6.07, 6.45) is 5.25. The maximum absolute atomic E-state index is 5.86. The highest BCUT2D eigenvalue weighted by Gasteiger charge is 2.24. The van der Waals surface area contributed by atoms with Crippen molar-refractivity contribution in [3.63, 3.8) is 0 Å². The second kappa shape index (κ2) is 10.2. The molecule has 1 fully saturated rings. The molecule has 178 valence electrons. The van der Waals surface area contributed by atoms with Crippen LogP contribution in [0.25, 0.3) is 11.3 Å². The Morgan fingerprint density at radius 2 is 1.82 bits per heavy atom. The molecule has 5 rings (SSSR count). The molecule has 0 spiro atoms. The number of rotatable bonds is 7. The highest BCUT2D eigenvalue weighted by atomic mass is 16.6. The Balaban J connectivity index is 1.23. The Labute approximate surface area is 199 Å². The second-order valence-corrected chi connectivity index (χ2v) is 8.67. The van der Waals surface area contributed by atoms with Gasteiger partial charge in [-0.2, -0.15) is 0 Å². The molecule has 3 aromatic rings. The van der Waals surface area contributed by atoms with Gasteiger partial charge in [-0.15, -0.1) is 0 Å². The minimum atomic E-state index is 0.254. The maximum Gasteiger partial charge on any atom is 0.257 e. The Morgan fingerprint density at radius 1 is 0.971 bits per heavy atom. The quantitative estimate of drug-likeness (QED) is 0.567. The first-order valence-electron chi connectivity index (χ1n) is 11.8. The Hall–Kier alpha value is -3.46. The minimum Gasteiger partial charge on any atom is -0.484 e. The van der Waals surface area contributed by atoms with Crippen LogP contribution in [0.1, 0.15) is 25.3 Å². The summed E-state index contributed by atoms with van der Waals surface area (Å²) >= 11 is 0. The van der Waals surface area contributed by atoms with E-state index in [1.807, 2.05) is 24.4 Å². The highest BCUT2D eigenvalue weighted by molar-refractivity contribution is 5.62. The molecule has 1 unspecified atom stereocenters. The fraction of sp³-hybridized carbons (Fsp3) is 0.440. The van der Waals surface area contributed by atoms with Crippen LogP contribution in [0.3, 0.4) is 0 Å². The van der Waals surface area contributed by atoms with E-state index in [9.17, 15) is 0 Å². The van der Waals surface area contributed by atoms with E-state index < -0.39 is 0 Å². The van der Waals surface area contributed by atoms with Gasteiger partial charge in [0.2, 0.25) is 0 Å². The number of ether oxygens (including phenoxy) is 3. The Morgan fingerprint density at radius 3 is 2.65 bits per heavy atom. The van der Waals surface area contributed by atoms with Crippen LogP contribution in [0.5, 0.6) is 11.6 Å². The molecule has 0 radical (unpaired) electrons. The van der Waals surface area contributed by atoms with Crippen molar-refractivity contribution in [2.75, 3.05) is 56.3 Å². The van der Waals surface area contributed by atoms with E-state index in [0.717, 1.165) is 67.1 Å². The first kappa shape index (κ1) is 22.3. The molecule has 3 aromatic heterocycles. The summed E-state index contributed by atoms with van der Waals surface area (Å²) in [5.41, 5.74) is 2.92. The van der Waals surface area contributed by atoms with Crippen molar-refractivity contribution in [1.82, 2.24) is 19.9 Å². The predicted molar refractivity (Wildman–Crippen MR) is 130 cm³/mol. The number of anilines is 2. The minimum absolute atomic E-state index is 0.254. The van der Waals surface area contributed by atoms with Gasteiger partial charge in [-0.25, -0.2) is 19.9 Å². The lowest BCUT2D eigenvalue weighted by Gasteiger charge is -2.27. The van der Waals surface area contributed by atoms with Crippen LogP contribution in [-0.4, -0.2) is 66.0 Å². The molecule has 1 saturated heterocycles. The van der Waals surface area contributed by atoms with E-state index >= 15 is 0 Å². The van der Waals surface area contributed by atoms with Crippen molar-refractivity contribution in [2.45, 2.75) is 19.8 Å². The topological polar surface area (TPSA) is 94.5 Å². The van der Waals surface area contributed by atoms with Gasteiger partial charge >= 0.3 is 0 Å². The lowest BCUT2D eigenvalue weighted by Crippen LogP contribution is -2.36. The standard InChI is InChI=1S/C25H30N6O3/c1-17(18(2)20-5-6-26-25-24(20)33-11-12-34-25)14-27-22-13-21(29-16-30-22)19-3-4-23(28-15-19)31-7-9-32-10-8-31/h3-6,13,15-18H,7-12,14H2,1-2H3,(H,27,29,30)/t17?,18-/m1/s1. The van der Waals surface area contributed by atoms with Crippen LogP contribution in [0.2, 0.25) is 0 Å². The van der Waals surface area contributed by atoms with Crippen molar-refractivity contribution in [2.24, 2.45) is 5.92 Å². The smallest absolute Gasteiger partial charge is 0.257 e. The molecule has 2 aliphatic heterocycles. The van der Waals surface area contributed by atoms with Crippen molar-refractivity contribution in [3.8, 4) is 22.9 Å². The van der Waals surface area contributed by atoms with Crippen LogP contribution < -0.4 is 19.7 Å². The molecule has 0 saturated carbocycles. The van der Waals surface area contributed by atoms with Gasteiger partial charge in [0.15, 0.2) is 5.75 Å². The summed E-state index contributed by atoms with van der Waals surface area (Å²) in [6.45, 7) is 9.48. The van der Waals surface area contributed by atoms with Crippen molar-refractivity contribution in [1.29, 1.82) is 0 Å². The van der Waals surface area contributed by atoms with Gasteiger partial charge in [-0.3, -0.25) is 0 Å². The second-order valence-electron chi connectivity index (χ2n) is 8.67. The van der Waals surface area contributed by atoms with E-state index in [1.165, 1.54) is 0 Å². The van der Waals surface area contributed by atoms with Crippen molar-refractivity contribution < 1.29 is 14.2 Å². The number of fused-ring (bicyclic) bond motifs is 1. The zero-order chi connectivity index (χ0) is 23.3. The van der Waals surface area contributed by atoms with E-state index in [0.29, 0.717) is 25.0 Å². The van der Waals surface area contributed by atoms with Gasteiger partial charge < -0.3 is 24.4 Å². The van der Waals surface area contributed by atoms with Crippen LogP contribution in [0.4, 0.5) is 11.6 Å². The third-order valence-corrected chi connectivity index (χ3v) is 6.47. The molecule has 0 aromatic carbocycles. The van der Waals surface area contributed by atoms with E-state index in [-0.39, 0.29) is 5.92 Å². The fourth-order valence-corrected chi connectivity index (χ4v) is 4.21. The SMILES string of the molecule is CC(CNc1cc(-c2ccc(N3CCOCC3)nc2)ncn1)[C@@H](C)c1ccnc2c1OCCO2. The predicted octanol–water partition coefficient (Wildman–Crippen LogP) is 3.39. The molecule has 2 atom stereocenters. The number of pyridine rings is 2. The summed E-state index contributed by atoms with van der Waals surface area (Å²) in [7, 11) is 0. The van der Waals surface area contributed by atoms with Crippen LogP contribution >= 0.6 is 0 Å². The molecular formula is C25H30N6O3. The third-order valence-electron chi connectivity index (χ3n) is 6.47. The lowest BCUT2D eigenvalue weighted by molar-refractivity contribution is 0.122. The number of hydrogen-bond acceptors (Lipinski definition) is 9. The lowest BCUT2D eigenvalue weighted by atomic mass is 9.88. The number of hydrogen-bond donors (Lipinski definition) is 1. The zero-order valence-corrected chi connectivity index (χ0v) is 19.6. The molecule has 34 heavy (non-hydrogen) atoms. The molecule has 9 heteroatoms. The van der Waals surface area contributed by atoms with Crippen molar-refractivity contribution >= 4 is 11.6 Å². The highest BCUT2D eigenvalue weighted by Crippen LogP contribution is 2.38. The summed E-state index contributed by atoms with van der Waals surface area (Å²) in [5, 5.41) is 3.47. The van der Waals surface area contributed by atoms with Gasteiger partial charge in [-0.05, 0) is 30.0 Å². The number of nitrogens with one attached hydrogen (secondary N) is 1. The third kappa shape index (κ3) is 4.89. The molecule has 2 aliphatic rings. The molecule has 5 heterocycles. The molecular weight excluding hydrogens is 432 g/mol. The number of nitrogens with zero attached hydrogens (tertiary/aromatic N) is 5. The Kier molecular flexibility index (Phi) is 6.71. The zero-order valence-electron chi connectivity index (χ0n) is 19.6. The van der Waals surface area contributed by atoms with Gasteiger partial charge in [0, 0.05) is 49.2 Å². The summed E-state index contributed by atoms with van der Waals surface area (Å²) in [4.78, 5) is 20.0. The summed E-state index contributed by atoms with van der Waals surface area (Å²) < 4.78 is 16.9. The monoisotopic (exact) mass is 462 g/mol. The van der Waals surface area contributed by atoms with E-state index in [1.54, 1.807) is 12.5 Å². The van der Waals surface area contributed by atoms with Crippen molar-refractivity contribution in [3.05, 3.63) is 48.5 Å². The number of aromatic nitrogens is 4. The van der Waals surface area contributed by atoms with E-state index in [2.05, 4.69) is 50.1 Å². The van der Waals surface area contributed by atoms with E-state index in [4.69, 9.17) is 14.2 Å². The first-order valence-corrected chi connectivity index (χ1v) is 11.8. The molecule has 0 amide bonds. The molecule has 1 N–H and O–H groups in total. The van der Waals surface area contributed by atoms with Crippen LogP contribution in [0, 0.1) is 5.92 Å². The molecule has 0 bridgehead atoms. The average molecular weight is 463 g/mol. The largest absolute Gasteiger partial charge is 0.484 e.